The Balaban J connectivity index is 3.57. The third kappa shape index (κ3) is 6.58. The summed E-state index contributed by atoms with van der Waals surface area (Å²) in [7, 11) is 0. The van der Waals surface area contributed by atoms with E-state index in [1.165, 1.54) is 0 Å². The monoisotopic (exact) mass is 175 g/mol. The number of ether oxygens (including phenoxy) is 1. The molecule has 0 heterocycles. The highest BCUT2D eigenvalue weighted by molar-refractivity contribution is 4.68. The van der Waals surface area contributed by atoms with Gasteiger partial charge in [0.15, 0.2) is 0 Å². The fourth-order valence-corrected chi connectivity index (χ4v) is 0.662. The molecule has 0 spiro atoms. The lowest BCUT2D eigenvalue weighted by Gasteiger charge is -2.25. The van der Waals surface area contributed by atoms with E-state index in [2.05, 4.69) is 0 Å². The smallest absolute Gasteiger partial charge is 0.0859 e. The van der Waals surface area contributed by atoms with Crippen LogP contribution in [-0.4, -0.2) is 17.8 Å². The first-order valence-electron chi connectivity index (χ1n) is 4.29. The third-order valence-electron chi connectivity index (χ3n) is 1.56. The van der Waals surface area contributed by atoms with Crippen molar-refractivity contribution in [1.82, 2.24) is 0 Å². The number of hydrogen-bond acceptors (Lipinski definition) is 3. The van der Waals surface area contributed by atoms with E-state index >= 15 is 0 Å². The largest absolute Gasteiger partial charge is 0.376 e. The first-order chi connectivity index (χ1) is 5.27. The summed E-state index contributed by atoms with van der Waals surface area (Å²) in [6.07, 6.45) is 0.806. The molecule has 0 fully saturated rings. The average Bonchev–Trinajstić information content (AvgIpc) is 1.84. The van der Waals surface area contributed by atoms with Crippen molar-refractivity contribution in [3.05, 3.63) is 0 Å². The van der Waals surface area contributed by atoms with Crippen LogP contribution in [0.1, 0.15) is 41.0 Å². The van der Waals surface area contributed by atoms with Crippen LogP contribution in [0.3, 0.4) is 0 Å². The van der Waals surface area contributed by atoms with Crippen LogP contribution in [0, 0.1) is 0 Å². The highest BCUT2D eigenvalue weighted by Gasteiger charge is 2.19. The molecule has 0 aromatic carbocycles. The molecule has 0 aliphatic carbocycles. The van der Waals surface area contributed by atoms with Crippen LogP contribution < -0.4 is 5.90 Å². The molecule has 3 heteroatoms. The van der Waals surface area contributed by atoms with Gasteiger partial charge in [0.1, 0.15) is 0 Å². The maximum absolute atomic E-state index is 5.53. The van der Waals surface area contributed by atoms with Gasteiger partial charge in [-0.15, -0.1) is 0 Å². The van der Waals surface area contributed by atoms with Gasteiger partial charge in [-0.2, -0.15) is 0 Å². The normalized spacial score (nSPS) is 13.5. The molecule has 0 aromatic heterocycles. The predicted molar refractivity (Wildman–Crippen MR) is 49.7 cm³/mol. The van der Waals surface area contributed by atoms with Crippen LogP contribution in [0.5, 0.6) is 0 Å². The van der Waals surface area contributed by atoms with Crippen LogP contribution in [0.4, 0.5) is 0 Å². The van der Waals surface area contributed by atoms with E-state index in [4.69, 9.17) is 15.5 Å². The van der Waals surface area contributed by atoms with Gasteiger partial charge in [0.25, 0.3) is 0 Å². The van der Waals surface area contributed by atoms with E-state index in [0.29, 0.717) is 6.61 Å². The van der Waals surface area contributed by atoms with E-state index in [-0.39, 0.29) is 11.2 Å². The molecule has 74 valence electrons. The SMILES string of the molecule is CC(C)(C)OCCC(C)(C)ON. The lowest BCUT2D eigenvalue weighted by molar-refractivity contribution is -0.0680. The Hall–Kier alpha value is -0.120. The van der Waals surface area contributed by atoms with Gasteiger partial charge in [-0.1, -0.05) is 0 Å². The summed E-state index contributed by atoms with van der Waals surface area (Å²) < 4.78 is 5.53. The minimum Gasteiger partial charge on any atom is -0.376 e. The van der Waals surface area contributed by atoms with Crippen molar-refractivity contribution < 1.29 is 9.57 Å². The Bertz CT molecular complexity index is 127. The molecule has 0 amide bonds. The van der Waals surface area contributed by atoms with E-state index in [1.807, 2.05) is 34.6 Å². The van der Waals surface area contributed by atoms with Gasteiger partial charge in [0.2, 0.25) is 0 Å². The molecule has 12 heavy (non-hydrogen) atoms. The van der Waals surface area contributed by atoms with Gasteiger partial charge in [-0.05, 0) is 34.6 Å². The van der Waals surface area contributed by atoms with Crippen LogP contribution in [-0.2, 0) is 9.57 Å². The molecule has 0 atom stereocenters. The van der Waals surface area contributed by atoms with Crippen LogP contribution in [0.15, 0.2) is 0 Å². The van der Waals surface area contributed by atoms with E-state index in [1.54, 1.807) is 0 Å². The van der Waals surface area contributed by atoms with Gasteiger partial charge in [0, 0.05) is 6.42 Å². The molecule has 0 saturated heterocycles. The Morgan fingerprint density at radius 2 is 1.58 bits per heavy atom. The number of rotatable bonds is 4. The molecular weight excluding hydrogens is 154 g/mol. The second-order valence-corrected chi connectivity index (χ2v) is 4.59. The minimum absolute atomic E-state index is 0.0787. The van der Waals surface area contributed by atoms with Gasteiger partial charge in [0.05, 0.1) is 17.8 Å². The molecule has 0 saturated carbocycles. The lowest BCUT2D eigenvalue weighted by Crippen LogP contribution is -2.31. The fourth-order valence-electron chi connectivity index (χ4n) is 0.662. The first-order valence-corrected chi connectivity index (χ1v) is 4.29. The van der Waals surface area contributed by atoms with E-state index in [9.17, 15) is 0 Å². The second kappa shape index (κ2) is 4.21. The van der Waals surface area contributed by atoms with Crippen LogP contribution in [0.2, 0.25) is 0 Å². The molecular formula is C9H21NO2. The Labute approximate surface area is 75.2 Å². The topological polar surface area (TPSA) is 44.5 Å². The van der Waals surface area contributed by atoms with Crippen molar-refractivity contribution in [3.8, 4) is 0 Å². The quantitative estimate of drug-likeness (QED) is 0.663. The Kier molecular flexibility index (Phi) is 4.17. The van der Waals surface area contributed by atoms with E-state index < -0.39 is 0 Å². The molecule has 0 aromatic rings. The third-order valence-corrected chi connectivity index (χ3v) is 1.56. The van der Waals surface area contributed by atoms with Crippen LogP contribution >= 0.6 is 0 Å². The lowest BCUT2D eigenvalue weighted by atomic mass is 10.1. The fraction of sp³-hybridized carbons (Fsp3) is 1.00. The van der Waals surface area contributed by atoms with Crippen LogP contribution in [0.25, 0.3) is 0 Å². The van der Waals surface area contributed by atoms with Crippen molar-refractivity contribution in [2.45, 2.75) is 52.2 Å². The van der Waals surface area contributed by atoms with Gasteiger partial charge in [-0.3, -0.25) is 4.84 Å². The Morgan fingerprint density at radius 1 is 1.08 bits per heavy atom. The highest BCUT2D eigenvalue weighted by atomic mass is 16.6. The zero-order valence-corrected chi connectivity index (χ0v) is 8.81. The summed E-state index contributed by atoms with van der Waals surface area (Å²) in [5, 5.41) is 0. The maximum Gasteiger partial charge on any atom is 0.0859 e. The van der Waals surface area contributed by atoms with Crippen molar-refractivity contribution in [2.75, 3.05) is 6.61 Å². The first kappa shape index (κ1) is 11.9. The number of hydrogen-bond donors (Lipinski definition) is 1. The predicted octanol–water partition coefficient (Wildman–Crippen LogP) is 1.86. The van der Waals surface area contributed by atoms with Gasteiger partial charge < -0.3 is 4.74 Å². The van der Waals surface area contributed by atoms with Crippen molar-refractivity contribution >= 4 is 0 Å². The minimum atomic E-state index is -0.286. The molecule has 0 bridgehead atoms. The molecule has 0 unspecified atom stereocenters. The maximum atomic E-state index is 5.53. The summed E-state index contributed by atoms with van der Waals surface area (Å²) in [6.45, 7) is 10.7. The summed E-state index contributed by atoms with van der Waals surface area (Å²) in [5.41, 5.74) is -0.365. The summed E-state index contributed by atoms with van der Waals surface area (Å²) in [6, 6.07) is 0. The van der Waals surface area contributed by atoms with Gasteiger partial charge in [-0.25, -0.2) is 5.90 Å². The summed E-state index contributed by atoms with van der Waals surface area (Å²) in [4.78, 5) is 4.77. The average molecular weight is 175 g/mol. The van der Waals surface area contributed by atoms with Crippen molar-refractivity contribution in [2.24, 2.45) is 5.90 Å². The van der Waals surface area contributed by atoms with Crippen molar-refractivity contribution in [1.29, 1.82) is 0 Å². The zero-order valence-electron chi connectivity index (χ0n) is 8.81. The Morgan fingerprint density at radius 3 is 1.92 bits per heavy atom. The molecule has 0 aliphatic heterocycles. The highest BCUT2D eigenvalue weighted by Crippen LogP contribution is 2.14. The molecule has 0 rings (SSSR count). The molecule has 3 nitrogen and oxygen atoms in total. The molecule has 0 radical (unpaired) electrons. The number of nitrogens with two attached hydrogens (primary N) is 1. The van der Waals surface area contributed by atoms with Gasteiger partial charge >= 0.3 is 0 Å². The second-order valence-electron chi connectivity index (χ2n) is 4.59. The van der Waals surface area contributed by atoms with E-state index in [0.717, 1.165) is 6.42 Å². The standard InChI is InChI=1S/C9H21NO2/c1-8(2,3)11-7-6-9(4,5)12-10/h6-7,10H2,1-5H3. The van der Waals surface area contributed by atoms with Crippen molar-refractivity contribution in [3.63, 3.8) is 0 Å². The summed E-state index contributed by atoms with van der Waals surface area (Å²) in [5.74, 6) is 5.10. The zero-order chi connectivity index (χ0) is 9.83. The molecule has 0 aliphatic rings. The molecule has 2 N–H and O–H groups in total. The summed E-state index contributed by atoms with van der Waals surface area (Å²) >= 11 is 0.